The first-order chi connectivity index (χ1) is 24.4. The Kier molecular flexibility index (Phi) is 10.2. The van der Waals surface area contributed by atoms with Crippen molar-refractivity contribution in [1.29, 1.82) is 0 Å². The molecule has 2 aromatic carbocycles. The molecule has 5 atom stereocenters. The Morgan fingerprint density at radius 1 is 1.16 bits per heavy atom. The van der Waals surface area contributed by atoms with Gasteiger partial charge in [0.25, 0.3) is 5.91 Å². The molecular formula is C38H48ClFN4O6S. The fraction of sp³-hybridized carbons (Fsp3) is 0.579. The third kappa shape index (κ3) is 6.89. The zero-order valence-electron chi connectivity index (χ0n) is 29.6. The van der Waals surface area contributed by atoms with E-state index in [0.29, 0.717) is 68.7 Å². The predicted molar refractivity (Wildman–Crippen MR) is 194 cm³/mol. The molecule has 7 rings (SSSR count). The number of sulfonamides is 1. The Labute approximate surface area is 305 Å². The highest BCUT2D eigenvalue weighted by molar-refractivity contribution is 7.90. The van der Waals surface area contributed by atoms with Crippen molar-refractivity contribution in [1.82, 2.24) is 14.5 Å². The number of carbonyl (C=O) groups is 2. The van der Waals surface area contributed by atoms with Gasteiger partial charge in [-0.3, -0.25) is 14.5 Å². The predicted octanol–water partition coefficient (Wildman–Crippen LogP) is 5.57. The summed E-state index contributed by atoms with van der Waals surface area (Å²) in [6.45, 7) is 6.53. The molecule has 2 fully saturated rings. The Morgan fingerprint density at radius 2 is 1.98 bits per heavy atom. The van der Waals surface area contributed by atoms with Gasteiger partial charge in [-0.1, -0.05) is 24.6 Å². The molecular weight excluding hydrogens is 695 g/mol. The van der Waals surface area contributed by atoms with E-state index in [1.807, 2.05) is 12.1 Å². The lowest BCUT2D eigenvalue weighted by molar-refractivity contribution is -0.137. The Hall–Kier alpha value is -3.19. The highest BCUT2D eigenvalue weighted by atomic mass is 35.5. The van der Waals surface area contributed by atoms with Crippen molar-refractivity contribution in [3.8, 4) is 5.75 Å². The van der Waals surface area contributed by atoms with Crippen LogP contribution in [-0.4, -0.2) is 87.8 Å². The standard InChI is InChI=1S/C38H48ClFN4O6S/c1-24-8-10-32(40)35(37(46)42(3)20-26-12-16-49-21-26)44-15-6-13-38(44)23-43-14-5-4-7-27-17-29(39)19-31(38)30(27)22-50-34-11-9-28(18-33(34)43)36(45)41-51(47,48)25(24)2/h9-11,17-19,24-26,35H,4-8,12-16,20-23H2,1-3H3,(H,41,45)/b32-10-/t24-,25+,26?,35+,38-/m0/s1. The lowest BCUT2D eigenvalue weighted by Gasteiger charge is -2.47. The number of nitrogens with one attached hydrogen (secondary N) is 1. The summed E-state index contributed by atoms with van der Waals surface area (Å²) >= 11 is 6.92. The average molecular weight is 743 g/mol. The second-order valence-corrected chi connectivity index (χ2v) is 17.6. The second kappa shape index (κ2) is 14.3. The number of rotatable bonds is 3. The van der Waals surface area contributed by atoms with Gasteiger partial charge in [-0.2, -0.15) is 0 Å². The van der Waals surface area contributed by atoms with Crippen molar-refractivity contribution >= 4 is 39.1 Å². The molecule has 1 spiro atoms. The summed E-state index contributed by atoms with van der Waals surface area (Å²) in [5, 5.41) is -0.435. The van der Waals surface area contributed by atoms with Crippen molar-refractivity contribution < 1.29 is 31.9 Å². The molecule has 5 heterocycles. The van der Waals surface area contributed by atoms with Crippen molar-refractivity contribution in [2.75, 3.05) is 51.3 Å². The molecule has 10 nitrogen and oxygen atoms in total. The third-order valence-corrected chi connectivity index (χ3v) is 13.9. The van der Waals surface area contributed by atoms with E-state index in [2.05, 4.69) is 14.5 Å². The van der Waals surface area contributed by atoms with E-state index in [9.17, 15) is 18.0 Å². The first kappa shape index (κ1) is 36.2. The van der Waals surface area contributed by atoms with Crippen LogP contribution in [0, 0.1) is 11.8 Å². The van der Waals surface area contributed by atoms with Gasteiger partial charge in [0.2, 0.25) is 15.9 Å². The molecule has 2 aromatic rings. The highest BCUT2D eigenvalue weighted by Gasteiger charge is 2.52. The number of hydrogen-bond acceptors (Lipinski definition) is 8. The quantitative estimate of drug-likeness (QED) is 0.435. The SMILES string of the molecule is C[C@@H]1[C@@H](C)C/C=C(\F)[C@H](C(=O)N(C)CC2CCOC2)N2CCC[C@@]23CN2CCCCc4cc(Cl)cc3c4COc3ccc(cc32)C(=O)NS1(=O)=O. The number of halogens is 2. The molecule has 0 aliphatic carbocycles. The molecule has 276 valence electrons. The lowest BCUT2D eigenvalue weighted by atomic mass is 9.79. The van der Waals surface area contributed by atoms with Gasteiger partial charge in [-0.15, -0.1) is 0 Å². The van der Waals surface area contributed by atoms with Crippen LogP contribution in [0.3, 0.4) is 0 Å². The number of nitrogens with zero attached hydrogens (tertiary/aromatic N) is 3. The summed E-state index contributed by atoms with van der Waals surface area (Å²) in [4.78, 5) is 34.2. The van der Waals surface area contributed by atoms with Gasteiger partial charge in [0.1, 0.15) is 24.2 Å². The number of aryl methyl sites for hydroxylation is 1. The number of anilines is 1. The highest BCUT2D eigenvalue weighted by Crippen LogP contribution is 2.49. The van der Waals surface area contributed by atoms with Gasteiger partial charge >= 0.3 is 0 Å². The fourth-order valence-corrected chi connectivity index (χ4v) is 10.2. The Morgan fingerprint density at radius 3 is 2.76 bits per heavy atom. The average Bonchev–Trinajstić information content (AvgIpc) is 3.77. The molecule has 1 N–H and O–H groups in total. The fourth-order valence-electron chi connectivity index (χ4n) is 8.72. The van der Waals surface area contributed by atoms with Crippen molar-refractivity contribution in [3.63, 3.8) is 0 Å². The van der Waals surface area contributed by atoms with E-state index >= 15 is 4.39 Å². The maximum atomic E-state index is 17.2. The van der Waals surface area contributed by atoms with Crippen LogP contribution in [0.1, 0.15) is 79.4 Å². The van der Waals surface area contributed by atoms with E-state index in [1.165, 1.54) is 13.0 Å². The van der Waals surface area contributed by atoms with Crippen LogP contribution >= 0.6 is 11.6 Å². The summed E-state index contributed by atoms with van der Waals surface area (Å²) < 4.78 is 58.6. The molecule has 7 bridgehead atoms. The molecule has 1 unspecified atom stereocenters. The molecule has 5 aliphatic rings. The summed E-state index contributed by atoms with van der Waals surface area (Å²) in [6.07, 6.45) is 6.12. The maximum Gasteiger partial charge on any atom is 0.264 e. The first-order valence-electron chi connectivity index (χ1n) is 18.2. The van der Waals surface area contributed by atoms with Crippen LogP contribution in [0.4, 0.5) is 10.1 Å². The number of ether oxygens (including phenoxy) is 2. The molecule has 0 radical (unpaired) electrons. The summed E-state index contributed by atoms with van der Waals surface area (Å²) in [5.74, 6) is -1.53. The maximum absolute atomic E-state index is 17.2. The third-order valence-electron chi connectivity index (χ3n) is 11.8. The number of carbonyl (C=O) groups excluding carboxylic acids is 2. The van der Waals surface area contributed by atoms with E-state index in [0.717, 1.165) is 42.4 Å². The number of allylic oxidation sites excluding steroid dienone is 1. The molecule has 2 amide bonds. The van der Waals surface area contributed by atoms with Crippen LogP contribution in [0.2, 0.25) is 5.02 Å². The second-order valence-electron chi connectivity index (χ2n) is 15.1. The number of benzene rings is 2. The number of hydrogen-bond donors (Lipinski definition) is 1. The molecule has 0 aromatic heterocycles. The minimum atomic E-state index is -4.13. The zero-order chi connectivity index (χ0) is 36.1. The van der Waals surface area contributed by atoms with Crippen molar-refractivity contribution in [2.45, 2.75) is 82.2 Å². The molecule has 51 heavy (non-hydrogen) atoms. The Bertz CT molecular complexity index is 1830. The molecule has 5 aliphatic heterocycles. The van der Waals surface area contributed by atoms with E-state index < -0.39 is 44.5 Å². The van der Waals surface area contributed by atoms with Gasteiger partial charge in [0.05, 0.1) is 23.1 Å². The monoisotopic (exact) mass is 742 g/mol. The van der Waals surface area contributed by atoms with E-state index in [4.69, 9.17) is 21.1 Å². The van der Waals surface area contributed by atoms with Crippen molar-refractivity contribution in [2.24, 2.45) is 11.8 Å². The van der Waals surface area contributed by atoms with Gasteiger partial charge in [0, 0.05) is 56.3 Å². The van der Waals surface area contributed by atoms with Crippen LogP contribution in [0.5, 0.6) is 5.75 Å². The molecule has 0 saturated carbocycles. The van der Waals surface area contributed by atoms with Gasteiger partial charge in [-0.25, -0.2) is 17.5 Å². The van der Waals surface area contributed by atoms with Gasteiger partial charge < -0.3 is 19.3 Å². The normalized spacial score (nSPS) is 30.5. The van der Waals surface area contributed by atoms with Gasteiger partial charge in [0.15, 0.2) is 0 Å². The van der Waals surface area contributed by atoms with E-state index in [1.54, 1.807) is 37.1 Å². The van der Waals surface area contributed by atoms with Crippen LogP contribution in [0.15, 0.2) is 42.2 Å². The number of likely N-dealkylation sites (N-methyl/N-ethyl adjacent to an activating group) is 1. The topological polar surface area (TPSA) is 108 Å². The number of fused-ring (bicyclic) bond motifs is 1. The molecule has 2 saturated heterocycles. The van der Waals surface area contributed by atoms with Crippen LogP contribution < -0.4 is 14.4 Å². The summed E-state index contributed by atoms with van der Waals surface area (Å²) in [6, 6.07) is 7.76. The zero-order valence-corrected chi connectivity index (χ0v) is 31.2. The number of amides is 2. The lowest BCUT2D eigenvalue weighted by Crippen LogP contribution is -2.59. The summed E-state index contributed by atoms with van der Waals surface area (Å²) in [7, 11) is -2.40. The molecule has 13 heteroatoms. The van der Waals surface area contributed by atoms with Crippen LogP contribution in [0.25, 0.3) is 0 Å². The van der Waals surface area contributed by atoms with Crippen LogP contribution in [-0.2, 0) is 38.1 Å². The minimum Gasteiger partial charge on any atom is -0.487 e. The minimum absolute atomic E-state index is 0.0538. The first-order valence-corrected chi connectivity index (χ1v) is 20.1. The smallest absolute Gasteiger partial charge is 0.264 e. The largest absolute Gasteiger partial charge is 0.487 e. The van der Waals surface area contributed by atoms with Gasteiger partial charge in [-0.05, 0) is 105 Å². The summed E-state index contributed by atoms with van der Waals surface area (Å²) in [5.41, 5.74) is 3.00. The van der Waals surface area contributed by atoms with Crippen molar-refractivity contribution in [3.05, 3.63) is 69.5 Å². The van der Waals surface area contributed by atoms with E-state index in [-0.39, 0.29) is 30.4 Å². The Balaban J connectivity index is 1.46.